The topological polar surface area (TPSA) is 114 Å². The van der Waals surface area contributed by atoms with Crippen LogP contribution in [0.5, 0.6) is 0 Å². The molecule has 0 aromatic heterocycles. The molecule has 37 heavy (non-hydrogen) atoms. The van der Waals surface area contributed by atoms with E-state index in [1.165, 1.54) is 34.8 Å². The average Bonchev–Trinajstić information content (AvgIpc) is 3.23. The van der Waals surface area contributed by atoms with E-state index in [9.17, 15) is 14.9 Å². The highest BCUT2D eigenvalue weighted by Crippen LogP contribution is 2.27. The van der Waals surface area contributed by atoms with Crippen molar-refractivity contribution < 1.29 is 9.72 Å². The van der Waals surface area contributed by atoms with Crippen molar-refractivity contribution in [2.45, 2.75) is 46.5 Å². The van der Waals surface area contributed by atoms with Gasteiger partial charge in [-0.1, -0.05) is 63.6 Å². The molecular formula is C29H33N5O3. The lowest BCUT2D eigenvalue weighted by molar-refractivity contribution is -0.384. The summed E-state index contributed by atoms with van der Waals surface area (Å²) in [7, 11) is 0. The monoisotopic (exact) mass is 499 g/mol. The molecule has 192 valence electrons. The Kier molecular flexibility index (Phi) is 9.55. The summed E-state index contributed by atoms with van der Waals surface area (Å²) in [4.78, 5) is 23.3. The molecule has 0 bridgehead atoms. The Morgan fingerprint density at radius 1 is 0.946 bits per heavy atom. The van der Waals surface area contributed by atoms with E-state index in [-0.39, 0.29) is 11.6 Å². The Bertz CT molecular complexity index is 1300. The summed E-state index contributed by atoms with van der Waals surface area (Å²) < 4.78 is 0. The predicted octanol–water partition coefficient (Wildman–Crippen LogP) is 6.49. The largest absolute Gasteiger partial charge is 0.399 e. The third-order valence-corrected chi connectivity index (χ3v) is 5.95. The van der Waals surface area contributed by atoms with Crippen molar-refractivity contribution in [2.75, 3.05) is 16.1 Å². The molecule has 0 spiro atoms. The number of anilines is 3. The lowest BCUT2D eigenvalue weighted by Gasteiger charge is -2.11. The van der Waals surface area contributed by atoms with E-state index in [4.69, 9.17) is 5.73 Å². The van der Waals surface area contributed by atoms with Crippen LogP contribution in [0.4, 0.5) is 22.7 Å². The fraction of sp³-hybridized carbons (Fsp3) is 0.241. The van der Waals surface area contributed by atoms with Gasteiger partial charge in [0.15, 0.2) is 0 Å². The molecule has 3 aromatic carbocycles. The molecule has 0 fully saturated rings. The van der Waals surface area contributed by atoms with Crippen molar-refractivity contribution in [3.05, 3.63) is 106 Å². The molecule has 0 radical (unpaired) electrons. The number of hydrogen-bond donors (Lipinski definition) is 2. The number of nitrogens with two attached hydrogens (primary N) is 1. The first kappa shape index (κ1) is 27.1. The van der Waals surface area contributed by atoms with Gasteiger partial charge in [0, 0.05) is 29.7 Å². The molecule has 4 rings (SSSR count). The molecule has 0 saturated carbocycles. The number of amides is 1. The zero-order chi connectivity index (χ0) is 26.8. The smallest absolute Gasteiger partial charge is 0.282 e. The molecule has 1 aliphatic rings. The van der Waals surface area contributed by atoms with Crippen LogP contribution in [0.2, 0.25) is 0 Å². The van der Waals surface area contributed by atoms with Gasteiger partial charge >= 0.3 is 0 Å². The van der Waals surface area contributed by atoms with Crippen molar-refractivity contribution in [3.63, 3.8) is 0 Å². The second kappa shape index (κ2) is 13.0. The van der Waals surface area contributed by atoms with Crippen LogP contribution in [0.3, 0.4) is 0 Å². The number of para-hydroxylation sites is 2. The van der Waals surface area contributed by atoms with E-state index in [1.807, 2.05) is 49.4 Å². The summed E-state index contributed by atoms with van der Waals surface area (Å²) in [5.74, 6) is -0.251. The van der Waals surface area contributed by atoms with Gasteiger partial charge in [0.25, 0.3) is 11.6 Å². The summed E-state index contributed by atoms with van der Waals surface area (Å²) in [6.07, 6.45) is 5.12. The minimum Gasteiger partial charge on any atom is -0.399 e. The number of rotatable bonds is 8. The molecule has 0 unspecified atom stereocenters. The Balaban J connectivity index is 0.000000356. The maximum absolute atomic E-state index is 13.0. The van der Waals surface area contributed by atoms with Crippen LogP contribution in [-0.2, 0) is 17.6 Å². The zero-order valence-corrected chi connectivity index (χ0v) is 21.5. The normalized spacial score (nSPS) is 13.7. The van der Waals surface area contributed by atoms with Gasteiger partial charge in [0.05, 0.1) is 21.9 Å². The van der Waals surface area contributed by atoms with Crippen LogP contribution in [-0.4, -0.2) is 16.5 Å². The fourth-order valence-corrected chi connectivity index (χ4v) is 3.89. The van der Waals surface area contributed by atoms with Crippen LogP contribution < -0.4 is 16.1 Å². The second-order valence-corrected chi connectivity index (χ2v) is 8.45. The van der Waals surface area contributed by atoms with Gasteiger partial charge in [-0.05, 0) is 54.7 Å². The van der Waals surface area contributed by atoms with Crippen molar-refractivity contribution in [1.82, 2.24) is 0 Å². The number of nitrogen functional groups attached to an aromatic ring is 1. The first-order valence-electron chi connectivity index (χ1n) is 12.4. The van der Waals surface area contributed by atoms with Gasteiger partial charge in [0.1, 0.15) is 0 Å². The van der Waals surface area contributed by atoms with Crippen molar-refractivity contribution >= 4 is 34.4 Å². The minimum atomic E-state index is -0.470. The molecule has 0 atom stereocenters. The molecular weight excluding hydrogens is 466 g/mol. The zero-order valence-electron chi connectivity index (χ0n) is 21.5. The van der Waals surface area contributed by atoms with Crippen LogP contribution in [0, 0.1) is 10.1 Å². The number of nitrogens with zero attached hydrogens (tertiary/aromatic N) is 3. The molecule has 0 saturated heterocycles. The number of hydrogen-bond acceptors (Lipinski definition) is 6. The highest BCUT2D eigenvalue weighted by molar-refractivity contribution is 6.30. The number of nitro benzene ring substituents is 1. The SMILES string of the molecule is CCCC1=NN(c2ccc([N+](=O)[O-])cc2)C(=O)C1=CNc1ccccc1CC.CCc1ccccc1N. The number of aryl methyl sites for hydroxylation is 2. The van der Waals surface area contributed by atoms with Crippen molar-refractivity contribution in [3.8, 4) is 0 Å². The Morgan fingerprint density at radius 2 is 1.57 bits per heavy atom. The van der Waals surface area contributed by atoms with Gasteiger partial charge < -0.3 is 11.1 Å². The van der Waals surface area contributed by atoms with Gasteiger partial charge in [-0.15, -0.1) is 0 Å². The molecule has 1 heterocycles. The summed E-state index contributed by atoms with van der Waals surface area (Å²) in [6.45, 7) is 6.21. The molecule has 0 aliphatic carbocycles. The van der Waals surface area contributed by atoms with E-state index in [1.54, 1.807) is 6.20 Å². The van der Waals surface area contributed by atoms with Crippen molar-refractivity contribution in [2.24, 2.45) is 5.10 Å². The first-order chi connectivity index (χ1) is 17.9. The summed E-state index contributed by atoms with van der Waals surface area (Å²) >= 11 is 0. The number of carbonyl (C=O) groups is 1. The van der Waals surface area contributed by atoms with Gasteiger partial charge in [0.2, 0.25) is 0 Å². The fourth-order valence-electron chi connectivity index (χ4n) is 3.89. The molecule has 1 amide bonds. The number of carbonyl (C=O) groups excluding carboxylic acids is 1. The standard InChI is InChI=1S/C21H22N4O3.C8H11N/c1-3-7-20-18(14-22-19-9-6-5-8-15(19)4-2)21(26)24(23-20)16-10-12-17(13-11-16)25(27)28;1-2-7-5-3-4-6-8(7)9/h5-6,8-14,22H,3-4,7H2,1-2H3;3-6H,2,9H2,1H3. The van der Waals surface area contributed by atoms with Crippen LogP contribution in [0.1, 0.15) is 44.7 Å². The quantitative estimate of drug-likeness (QED) is 0.159. The van der Waals surface area contributed by atoms with E-state index in [2.05, 4.69) is 30.3 Å². The lowest BCUT2D eigenvalue weighted by Crippen LogP contribution is -2.22. The lowest BCUT2D eigenvalue weighted by atomic mass is 10.1. The summed E-state index contributed by atoms with van der Waals surface area (Å²) in [6, 6.07) is 21.7. The molecule has 8 heteroatoms. The predicted molar refractivity (Wildman–Crippen MR) is 151 cm³/mol. The van der Waals surface area contributed by atoms with Crippen molar-refractivity contribution in [1.29, 1.82) is 0 Å². The maximum atomic E-state index is 13.0. The van der Waals surface area contributed by atoms with Gasteiger partial charge in [-0.25, -0.2) is 0 Å². The van der Waals surface area contributed by atoms with E-state index in [0.717, 1.165) is 36.2 Å². The number of hydrazone groups is 1. The van der Waals surface area contributed by atoms with E-state index in [0.29, 0.717) is 23.4 Å². The Morgan fingerprint density at radius 3 is 2.14 bits per heavy atom. The van der Waals surface area contributed by atoms with Crippen LogP contribution >= 0.6 is 0 Å². The second-order valence-electron chi connectivity index (χ2n) is 8.45. The van der Waals surface area contributed by atoms with Gasteiger partial charge in [-0.3, -0.25) is 14.9 Å². The Hall–Kier alpha value is -4.46. The van der Waals surface area contributed by atoms with Crippen LogP contribution in [0.15, 0.2) is 89.7 Å². The number of non-ortho nitro benzene ring substituents is 1. The summed E-state index contributed by atoms with van der Waals surface area (Å²) in [5.41, 5.74) is 11.6. The number of benzene rings is 3. The summed E-state index contributed by atoms with van der Waals surface area (Å²) in [5, 5.41) is 19.8. The highest BCUT2D eigenvalue weighted by atomic mass is 16.6. The van der Waals surface area contributed by atoms with E-state index < -0.39 is 4.92 Å². The third-order valence-electron chi connectivity index (χ3n) is 5.95. The first-order valence-corrected chi connectivity index (χ1v) is 12.4. The molecule has 1 aliphatic heterocycles. The molecule has 3 N–H and O–H groups in total. The highest BCUT2D eigenvalue weighted by Gasteiger charge is 2.30. The molecule has 8 nitrogen and oxygen atoms in total. The number of nitro groups is 1. The number of nitrogens with one attached hydrogen (secondary N) is 1. The maximum Gasteiger partial charge on any atom is 0.282 e. The minimum absolute atomic E-state index is 0.0261. The Labute approximate surface area is 217 Å². The third kappa shape index (κ3) is 6.82. The van der Waals surface area contributed by atoms with Crippen LogP contribution in [0.25, 0.3) is 0 Å². The van der Waals surface area contributed by atoms with Gasteiger partial charge in [-0.2, -0.15) is 10.1 Å². The van der Waals surface area contributed by atoms with E-state index >= 15 is 0 Å². The average molecular weight is 500 g/mol. The molecule has 3 aromatic rings.